The highest BCUT2D eigenvalue weighted by Crippen LogP contribution is 2.12. The fraction of sp³-hybridized carbons (Fsp3) is 0.625. The molecule has 1 unspecified atom stereocenters. The molecular formula is C8H11. The van der Waals surface area contributed by atoms with Crippen molar-refractivity contribution in [2.75, 3.05) is 0 Å². The van der Waals surface area contributed by atoms with Crippen LogP contribution >= 0.6 is 0 Å². The van der Waals surface area contributed by atoms with Crippen LogP contribution in [0.4, 0.5) is 0 Å². The predicted octanol–water partition coefficient (Wildman–Crippen LogP) is 2.01. The molecule has 0 heteroatoms. The molecule has 0 spiro atoms. The molecule has 43 valence electrons. The maximum atomic E-state index is 3.07. The van der Waals surface area contributed by atoms with Crippen LogP contribution in [0.25, 0.3) is 0 Å². The molecule has 1 aliphatic carbocycles. The Kier molecular flexibility index (Phi) is 1.97. The molecule has 0 aliphatic heterocycles. The minimum absolute atomic E-state index is 0.845. The molecule has 1 aliphatic rings. The Bertz CT molecular complexity index is 102. The summed E-state index contributed by atoms with van der Waals surface area (Å²) in [4.78, 5) is 0. The van der Waals surface area contributed by atoms with Gasteiger partial charge in [0.2, 0.25) is 0 Å². The van der Waals surface area contributed by atoms with Crippen molar-refractivity contribution < 1.29 is 0 Å². The first-order chi connectivity index (χ1) is 3.89. The zero-order valence-corrected chi connectivity index (χ0v) is 5.28. The maximum absolute atomic E-state index is 3.07. The number of hydrogen-bond donors (Lipinski definition) is 0. The van der Waals surface area contributed by atoms with Crippen LogP contribution in [0.2, 0.25) is 0 Å². The summed E-state index contributed by atoms with van der Waals surface area (Å²) in [5, 5.41) is 0. The van der Waals surface area contributed by atoms with Crippen molar-refractivity contribution in [3.63, 3.8) is 0 Å². The van der Waals surface area contributed by atoms with Gasteiger partial charge in [0.15, 0.2) is 0 Å². The van der Waals surface area contributed by atoms with Gasteiger partial charge in [-0.15, -0.1) is 5.92 Å². The van der Waals surface area contributed by atoms with Gasteiger partial charge in [0.1, 0.15) is 0 Å². The van der Waals surface area contributed by atoms with E-state index in [0.717, 1.165) is 12.3 Å². The summed E-state index contributed by atoms with van der Waals surface area (Å²) < 4.78 is 0. The first-order valence-corrected chi connectivity index (χ1v) is 3.19. The molecule has 0 fully saturated rings. The minimum atomic E-state index is 0.845. The molecule has 0 bridgehead atoms. The summed E-state index contributed by atoms with van der Waals surface area (Å²) >= 11 is 0. The van der Waals surface area contributed by atoms with Crippen LogP contribution in [0.15, 0.2) is 0 Å². The topological polar surface area (TPSA) is 0 Å². The van der Waals surface area contributed by atoms with Gasteiger partial charge in [0.25, 0.3) is 0 Å². The summed E-state index contributed by atoms with van der Waals surface area (Å²) in [5.41, 5.74) is 0. The van der Waals surface area contributed by atoms with Crippen LogP contribution in [-0.4, -0.2) is 0 Å². The summed E-state index contributed by atoms with van der Waals surface area (Å²) in [6, 6.07) is 0. The molecule has 0 N–H and O–H groups in total. The van der Waals surface area contributed by atoms with E-state index in [1.54, 1.807) is 0 Å². The van der Waals surface area contributed by atoms with E-state index in [2.05, 4.69) is 25.2 Å². The maximum Gasteiger partial charge on any atom is 0.0343 e. The van der Waals surface area contributed by atoms with Crippen LogP contribution in [0.1, 0.15) is 26.2 Å². The third-order valence-electron chi connectivity index (χ3n) is 1.49. The molecule has 1 atom stereocenters. The lowest BCUT2D eigenvalue weighted by Gasteiger charge is -2.02. The molecular weight excluding hydrogens is 96.1 g/mol. The Morgan fingerprint density at radius 2 is 2.50 bits per heavy atom. The summed E-state index contributed by atoms with van der Waals surface area (Å²) in [6.07, 6.45) is 5.64. The van der Waals surface area contributed by atoms with E-state index in [-0.39, 0.29) is 0 Å². The smallest absolute Gasteiger partial charge is 0.0343 e. The second-order valence-electron chi connectivity index (χ2n) is 2.40. The summed E-state index contributed by atoms with van der Waals surface area (Å²) in [6.45, 7) is 2.27. The Hall–Kier alpha value is -0.440. The van der Waals surface area contributed by atoms with Crippen LogP contribution in [-0.2, 0) is 0 Å². The second kappa shape index (κ2) is 2.77. The largest absolute Gasteiger partial charge is 0.103 e. The van der Waals surface area contributed by atoms with Crippen molar-refractivity contribution in [2.45, 2.75) is 26.2 Å². The number of rotatable bonds is 0. The van der Waals surface area contributed by atoms with E-state index in [1.807, 2.05) is 0 Å². The highest BCUT2D eigenvalue weighted by molar-refractivity contribution is 5.11. The molecule has 0 aromatic carbocycles. The quantitative estimate of drug-likeness (QED) is 0.415. The normalized spacial score (nSPS) is 21.1. The lowest BCUT2D eigenvalue weighted by atomic mass is 10.0. The van der Waals surface area contributed by atoms with Gasteiger partial charge >= 0.3 is 0 Å². The lowest BCUT2D eigenvalue weighted by Crippen LogP contribution is -1.90. The first-order valence-electron chi connectivity index (χ1n) is 3.19. The van der Waals surface area contributed by atoms with E-state index in [1.165, 1.54) is 12.8 Å². The SMILES string of the molecule is CC1C[CH]C#CCC1. The van der Waals surface area contributed by atoms with Crippen molar-refractivity contribution >= 4 is 0 Å². The van der Waals surface area contributed by atoms with Crippen LogP contribution < -0.4 is 0 Å². The van der Waals surface area contributed by atoms with Gasteiger partial charge < -0.3 is 0 Å². The average Bonchev–Trinajstić information content (AvgIpc) is 1.94. The Labute approximate surface area is 51.3 Å². The molecule has 1 radical (unpaired) electrons. The van der Waals surface area contributed by atoms with Crippen molar-refractivity contribution in [3.05, 3.63) is 6.42 Å². The van der Waals surface area contributed by atoms with Gasteiger partial charge in [-0.05, 0) is 18.8 Å². The van der Waals surface area contributed by atoms with Crippen LogP contribution in [0, 0.1) is 24.2 Å². The molecule has 0 saturated heterocycles. The van der Waals surface area contributed by atoms with E-state index < -0.39 is 0 Å². The van der Waals surface area contributed by atoms with Gasteiger partial charge in [0, 0.05) is 12.8 Å². The Morgan fingerprint density at radius 3 is 3.38 bits per heavy atom. The van der Waals surface area contributed by atoms with E-state index >= 15 is 0 Å². The van der Waals surface area contributed by atoms with Crippen molar-refractivity contribution in [1.29, 1.82) is 0 Å². The summed E-state index contributed by atoms with van der Waals surface area (Å²) in [7, 11) is 0. The van der Waals surface area contributed by atoms with E-state index in [9.17, 15) is 0 Å². The zero-order valence-electron chi connectivity index (χ0n) is 5.28. The Morgan fingerprint density at radius 1 is 1.62 bits per heavy atom. The van der Waals surface area contributed by atoms with Gasteiger partial charge in [0.05, 0.1) is 0 Å². The fourth-order valence-electron chi connectivity index (χ4n) is 0.841. The van der Waals surface area contributed by atoms with E-state index in [0.29, 0.717) is 0 Å². The predicted molar refractivity (Wildman–Crippen MR) is 35.1 cm³/mol. The Balaban J connectivity index is 2.32. The third kappa shape index (κ3) is 1.58. The van der Waals surface area contributed by atoms with Crippen LogP contribution in [0.3, 0.4) is 0 Å². The van der Waals surface area contributed by atoms with Crippen molar-refractivity contribution in [2.24, 2.45) is 5.92 Å². The molecule has 8 heavy (non-hydrogen) atoms. The van der Waals surface area contributed by atoms with Gasteiger partial charge in [-0.25, -0.2) is 0 Å². The lowest BCUT2D eigenvalue weighted by molar-refractivity contribution is 0.546. The minimum Gasteiger partial charge on any atom is -0.103 e. The molecule has 0 amide bonds. The van der Waals surface area contributed by atoms with Gasteiger partial charge in [-0.1, -0.05) is 12.8 Å². The molecule has 0 aromatic heterocycles. The van der Waals surface area contributed by atoms with Gasteiger partial charge in [-0.2, -0.15) is 0 Å². The average molecular weight is 107 g/mol. The molecule has 0 aromatic rings. The van der Waals surface area contributed by atoms with Crippen molar-refractivity contribution in [1.82, 2.24) is 0 Å². The highest BCUT2D eigenvalue weighted by atomic mass is 14.1. The van der Waals surface area contributed by atoms with Crippen molar-refractivity contribution in [3.8, 4) is 11.8 Å². The molecule has 1 rings (SSSR count). The second-order valence-corrected chi connectivity index (χ2v) is 2.40. The monoisotopic (exact) mass is 107 g/mol. The molecule has 0 saturated carbocycles. The fourth-order valence-corrected chi connectivity index (χ4v) is 0.841. The number of hydrogen-bond acceptors (Lipinski definition) is 0. The first kappa shape index (κ1) is 5.69. The standard InChI is InChI=1S/C8H11/c1-8-6-4-2-3-5-7-8/h4,8H,5-7H2,1H3. The molecule has 0 nitrogen and oxygen atoms in total. The van der Waals surface area contributed by atoms with Crippen LogP contribution in [0.5, 0.6) is 0 Å². The molecule has 0 heterocycles. The van der Waals surface area contributed by atoms with E-state index in [4.69, 9.17) is 0 Å². The third-order valence-corrected chi connectivity index (χ3v) is 1.49. The summed E-state index contributed by atoms with van der Waals surface area (Å²) in [5.74, 6) is 6.92. The zero-order chi connectivity index (χ0) is 5.82. The van der Waals surface area contributed by atoms with Gasteiger partial charge in [-0.3, -0.25) is 0 Å². The highest BCUT2D eigenvalue weighted by Gasteiger charge is 2.01.